The Hall–Kier alpha value is -4.79. The van der Waals surface area contributed by atoms with Gasteiger partial charge in [-0.05, 0) is 67.8 Å². The lowest BCUT2D eigenvalue weighted by molar-refractivity contribution is 0.0956. The maximum absolute atomic E-state index is 13.5. The van der Waals surface area contributed by atoms with E-state index in [4.69, 9.17) is 29.9 Å². The zero-order chi connectivity index (χ0) is 28.1. The lowest BCUT2D eigenvalue weighted by Crippen LogP contribution is -2.26. The summed E-state index contributed by atoms with van der Waals surface area (Å²) in [4.78, 5) is 23.2. The Morgan fingerprint density at radius 2 is 1.57 bits per heavy atom. The van der Waals surface area contributed by atoms with Crippen LogP contribution in [0.25, 0.3) is 22.2 Å². The van der Waals surface area contributed by atoms with Gasteiger partial charge in [0.15, 0.2) is 17.1 Å². The fourth-order valence-electron chi connectivity index (χ4n) is 4.67. The number of methoxy groups -OCH3 is 1. The first-order valence-electron chi connectivity index (χ1n) is 13.4. The molecule has 5 rings (SSSR count). The molecule has 0 atom stereocenters. The Balaban J connectivity index is 1.43. The van der Waals surface area contributed by atoms with Gasteiger partial charge in [-0.3, -0.25) is 4.79 Å². The zero-order valence-electron chi connectivity index (χ0n) is 22.9. The zero-order valence-corrected chi connectivity index (χ0v) is 22.9. The second kappa shape index (κ2) is 11.9. The van der Waals surface area contributed by atoms with Crippen LogP contribution >= 0.6 is 0 Å². The first kappa shape index (κ1) is 26.8. The number of nitrogen functional groups attached to an aromatic ring is 1. The van der Waals surface area contributed by atoms with Gasteiger partial charge in [0.2, 0.25) is 0 Å². The number of hydrogen-bond acceptors (Lipinski definition) is 7. The molecule has 5 aromatic rings. The first-order valence-corrected chi connectivity index (χ1v) is 13.4. The van der Waals surface area contributed by atoms with E-state index in [0.717, 1.165) is 22.4 Å². The quantitative estimate of drug-likeness (QED) is 0.243. The molecule has 0 saturated heterocycles. The molecule has 0 spiro atoms. The molecule has 0 fully saturated rings. The number of para-hydroxylation sites is 2. The van der Waals surface area contributed by atoms with E-state index in [9.17, 15) is 4.79 Å². The molecule has 0 saturated carbocycles. The van der Waals surface area contributed by atoms with Crippen molar-refractivity contribution < 1.29 is 19.0 Å². The summed E-state index contributed by atoms with van der Waals surface area (Å²) in [5.41, 5.74) is 11.4. The molecule has 1 amide bonds. The molecule has 0 aliphatic carbocycles. The highest BCUT2D eigenvalue weighted by molar-refractivity contribution is 6.10. The number of nitrogens with one attached hydrogen (secondary N) is 1. The lowest BCUT2D eigenvalue weighted by atomic mass is 10.1. The van der Waals surface area contributed by atoms with Crippen LogP contribution in [0.15, 0.2) is 66.7 Å². The van der Waals surface area contributed by atoms with Crippen LogP contribution in [-0.4, -0.2) is 47.3 Å². The number of nitrogens with two attached hydrogens (primary N) is 1. The predicted octanol–water partition coefficient (Wildman–Crippen LogP) is 4.99. The van der Waals surface area contributed by atoms with Crippen LogP contribution in [-0.2, 0) is 13.0 Å². The number of benzene rings is 3. The molecule has 2 heterocycles. The van der Waals surface area contributed by atoms with E-state index in [1.165, 1.54) is 0 Å². The van der Waals surface area contributed by atoms with Crippen molar-refractivity contribution in [1.82, 2.24) is 19.9 Å². The van der Waals surface area contributed by atoms with Gasteiger partial charge in [0.25, 0.3) is 5.91 Å². The molecule has 3 aromatic carbocycles. The average molecular weight is 540 g/mol. The molecule has 9 heteroatoms. The number of rotatable bonds is 11. The van der Waals surface area contributed by atoms with E-state index in [-0.39, 0.29) is 5.91 Å². The van der Waals surface area contributed by atoms with E-state index >= 15 is 0 Å². The van der Waals surface area contributed by atoms with E-state index in [1.807, 2.05) is 85.1 Å². The highest BCUT2D eigenvalue weighted by atomic mass is 16.5. The molecule has 0 aliphatic heterocycles. The van der Waals surface area contributed by atoms with Gasteiger partial charge < -0.3 is 29.8 Å². The molecule has 40 heavy (non-hydrogen) atoms. The van der Waals surface area contributed by atoms with Gasteiger partial charge in [-0.2, -0.15) is 0 Å². The van der Waals surface area contributed by atoms with Crippen molar-refractivity contribution in [3.8, 4) is 17.2 Å². The second-order valence-electron chi connectivity index (χ2n) is 9.23. The maximum atomic E-state index is 13.5. The van der Waals surface area contributed by atoms with Crippen LogP contribution in [0.5, 0.6) is 17.2 Å². The van der Waals surface area contributed by atoms with Crippen LogP contribution in [0.2, 0.25) is 0 Å². The van der Waals surface area contributed by atoms with Crippen LogP contribution in [0, 0.1) is 0 Å². The van der Waals surface area contributed by atoms with Crippen LogP contribution in [0.4, 0.5) is 5.82 Å². The Morgan fingerprint density at radius 1 is 0.900 bits per heavy atom. The molecule has 0 bridgehead atoms. The number of nitrogens with zero attached hydrogens (tertiary/aromatic N) is 3. The van der Waals surface area contributed by atoms with Gasteiger partial charge in [-0.1, -0.05) is 30.3 Å². The first-order chi connectivity index (χ1) is 19.5. The molecule has 0 unspecified atom stereocenters. The van der Waals surface area contributed by atoms with Crippen molar-refractivity contribution in [1.29, 1.82) is 0 Å². The molecular weight excluding hydrogens is 506 g/mol. The molecule has 206 valence electrons. The summed E-state index contributed by atoms with van der Waals surface area (Å²) in [5.74, 6) is 2.19. The number of aromatic nitrogens is 3. The molecule has 2 aromatic heterocycles. The normalized spacial score (nSPS) is 11.1. The standard InChI is InChI=1S/C31H33N5O4/c1-4-39-25-15-12-20(18-26(25)40-5-2)16-17-33-31(37)27-28-30(35-24-9-7-6-8-23(24)34-28)36(29(27)32)19-21-10-13-22(38-3)14-11-21/h6-15,18H,4-5,16-17,19,32H2,1-3H3,(H,33,37). The summed E-state index contributed by atoms with van der Waals surface area (Å²) in [5, 5.41) is 3.02. The third-order valence-electron chi connectivity index (χ3n) is 6.63. The molecule has 9 nitrogen and oxygen atoms in total. The summed E-state index contributed by atoms with van der Waals surface area (Å²) >= 11 is 0. The fourth-order valence-corrected chi connectivity index (χ4v) is 4.67. The summed E-state index contributed by atoms with van der Waals surface area (Å²) in [6.07, 6.45) is 0.608. The van der Waals surface area contributed by atoms with E-state index in [2.05, 4.69) is 5.32 Å². The molecule has 0 radical (unpaired) electrons. The van der Waals surface area contributed by atoms with Crippen LogP contribution in [0.3, 0.4) is 0 Å². The van der Waals surface area contributed by atoms with Gasteiger partial charge >= 0.3 is 0 Å². The van der Waals surface area contributed by atoms with Crippen molar-refractivity contribution >= 4 is 33.9 Å². The fraction of sp³-hybridized carbons (Fsp3) is 0.258. The van der Waals surface area contributed by atoms with Gasteiger partial charge in [0.05, 0.1) is 37.9 Å². The Kier molecular flexibility index (Phi) is 8.00. The van der Waals surface area contributed by atoms with Gasteiger partial charge in [-0.25, -0.2) is 9.97 Å². The van der Waals surface area contributed by atoms with Crippen LogP contribution < -0.4 is 25.3 Å². The average Bonchev–Trinajstić information content (AvgIpc) is 3.23. The third-order valence-corrected chi connectivity index (χ3v) is 6.63. The SMILES string of the molecule is CCOc1ccc(CCNC(=O)c2c(N)n(Cc3ccc(OC)cc3)c3nc4ccccc4nc23)cc1OCC. The summed E-state index contributed by atoms with van der Waals surface area (Å²) in [6, 6.07) is 21.1. The highest BCUT2D eigenvalue weighted by Gasteiger charge is 2.24. The minimum Gasteiger partial charge on any atom is -0.497 e. The number of ether oxygens (including phenoxy) is 3. The van der Waals surface area contributed by atoms with Gasteiger partial charge in [0, 0.05) is 6.54 Å². The van der Waals surface area contributed by atoms with Crippen molar-refractivity contribution in [2.24, 2.45) is 0 Å². The predicted molar refractivity (Wildman–Crippen MR) is 156 cm³/mol. The Labute approximate surface area is 232 Å². The highest BCUT2D eigenvalue weighted by Crippen LogP contribution is 2.30. The lowest BCUT2D eigenvalue weighted by Gasteiger charge is -2.13. The second-order valence-corrected chi connectivity index (χ2v) is 9.23. The largest absolute Gasteiger partial charge is 0.497 e. The van der Waals surface area contributed by atoms with Crippen molar-refractivity contribution in [3.63, 3.8) is 0 Å². The minimum atomic E-state index is -0.295. The van der Waals surface area contributed by atoms with Crippen molar-refractivity contribution in [2.75, 3.05) is 32.6 Å². The number of amides is 1. The maximum Gasteiger partial charge on any atom is 0.257 e. The summed E-state index contributed by atoms with van der Waals surface area (Å²) in [7, 11) is 1.63. The van der Waals surface area contributed by atoms with E-state index in [1.54, 1.807) is 7.11 Å². The Bertz CT molecular complexity index is 1650. The third kappa shape index (κ3) is 5.49. The number of carbonyl (C=O) groups excluding carboxylic acids is 1. The monoisotopic (exact) mass is 539 g/mol. The summed E-state index contributed by atoms with van der Waals surface area (Å²) in [6.45, 7) is 5.80. The van der Waals surface area contributed by atoms with E-state index in [0.29, 0.717) is 72.3 Å². The number of carbonyl (C=O) groups is 1. The molecular formula is C31H33N5O4. The number of fused-ring (bicyclic) bond motifs is 2. The topological polar surface area (TPSA) is 114 Å². The smallest absolute Gasteiger partial charge is 0.257 e. The number of hydrogen-bond donors (Lipinski definition) is 2. The molecule has 0 aliphatic rings. The molecule has 3 N–H and O–H groups in total. The van der Waals surface area contributed by atoms with Crippen molar-refractivity contribution in [2.45, 2.75) is 26.8 Å². The Morgan fingerprint density at radius 3 is 2.27 bits per heavy atom. The minimum absolute atomic E-state index is 0.295. The van der Waals surface area contributed by atoms with Crippen LogP contribution in [0.1, 0.15) is 35.3 Å². The number of anilines is 1. The van der Waals surface area contributed by atoms with E-state index < -0.39 is 0 Å². The van der Waals surface area contributed by atoms with Crippen molar-refractivity contribution in [3.05, 3.63) is 83.4 Å². The summed E-state index contributed by atoms with van der Waals surface area (Å²) < 4.78 is 18.5. The van der Waals surface area contributed by atoms with Gasteiger partial charge in [-0.15, -0.1) is 0 Å². The van der Waals surface area contributed by atoms with Gasteiger partial charge in [0.1, 0.15) is 22.6 Å².